The van der Waals surface area contributed by atoms with Gasteiger partial charge in [0.15, 0.2) is 0 Å². The minimum Gasteiger partial charge on any atom is -0.0988 e. The first-order chi connectivity index (χ1) is 5.15. The standard InChI is InChI=1S/C10H20.C2H6/c1-8(9(2,3)4)10(5,6)7;1-2/h1H2,2-7H3;1-2H3. The lowest BCUT2D eigenvalue weighted by Gasteiger charge is -2.32. The van der Waals surface area contributed by atoms with Crippen molar-refractivity contribution >= 4 is 0 Å². The van der Waals surface area contributed by atoms with Crippen LogP contribution in [0.25, 0.3) is 0 Å². The highest BCUT2D eigenvalue weighted by molar-refractivity contribution is 5.13. The Bertz CT molecular complexity index is 111. The first-order valence-corrected chi connectivity index (χ1v) is 4.85. The third-order valence-electron chi connectivity index (χ3n) is 1.81. The van der Waals surface area contributed by atoms with Crippen LogP contribution < -0.4 is 0 Å². The Hall–Kier alpha value is -0.260. The molecule has 0 nitrogen and oxygen atoms in total. The van der Waals surface area contributed by atoms with Crippen LogP contribution in [0.5, 0.6) is 0 Å². The van der Waals surface area contributed by atoms with E-state index < -0.39 is 0 Å². The molecular weight excluding hydrogens is 144 g/mol. The quantitative estimate of drug-likeness (QED) is 0.464. The van der Waals surface area contributed by atoms with E-state index in [1.807, 2.05) is 13.8 Å². The lowest BCUT2D eigenvalue weighted by Crippen LogP contribution is -2.20. The van der Waals surface area contributed by atoms with Gasteiger partial charge >= 0.3 is 0 Å². The molecule has 0 amide bonds. The van der Waals surface area contributed by atoms with Crippen LogP contribution in [0.2, 0.25) is 0 Å². The van der Waals surface area contributed by atoms with E-state index in [1.54, 1.807) is 0 Å². The molecule has 74 valence electrons. The summed E-state index contributed by atoms with van der Waals surface area (Å²) < 4.78 is 0. The molecule has 0 aliphatic carbocycles. The molecule has 0 spiro atoms. The average molecular weight is 170 g/mol. The van der Waals surface area contributed by atoms with E-state index in [1.165, 1.54) is 5.57 Å². The second-order valence-electron chi connectivity index (χ2n) is 4.98. The first-order valence-electron chi connectivity index (χ1n) is 4.85. The molecular formula is C12H26. The van der Waals surface area contributed by atoms with Crippen molar-refractivity contribution in [3.05, 3.63) is 12.2 Å². The molecule has 0 aliphatic rings. The summed E-state index contributed by atoms with van der Waals surface area (Å²) in [6, 6.07) is 0. The van der Waals surface area contributed by atoms with Gasteiger partial charge in [-0.15, -0.1) is 0 Å². The van der Waals surface area contributed by atoms with Crippen LogP contribution in [-0.2, 0) is 0 Å². The summed E-state index contributed by atoms with van der Waals surface area (Å²) in [5, 5.41) is 0. The third kappa shape index (κ3) is 5.40. The Balaban J connectivity index is 0. The van der Waals surface area contributed by atoms with Gasteiger partial charge in [0.1, 0.15) is 0 Å². The van der Waals surface area contributed by atoms with Gasteiger partial charge in [-0.2, -0.15) is 0 Å². The van der Waals surface area contributed by atoms with Gasteiger partial charge in [-0.25, -0.2) is 0 Å². The largest absolute Gasteiger partial charge is 0.0988 e. The van der Waals surface area contributed by atoms with E-state index in [0.29, 0.717) is 0 Å². The fourth-order valence-corrected chi connectivity index (χ4v) is 1.12. The molecule has 0 radical (unpaired) electrons. The first kappa shape index (κ1) is 14.3. The highest BCUT2D eigenvalue weighted by atomic mass is 14.3. The molecule has 0 saturated carbocycles. The van der Waals surface area contributed by atoms with Gasteiger partial charge in [0, 0.05) is 0 Å². The van der Waals surface area contributed by atoms with Crippen molar-refractivity contribution in [1.29, 1.82) is 0 Å². The number of allylic oxidation sites excluding steroid dienone is 1. The zero-order chi connectivity index (χ0) is 10.6. The van der Waals surface area contributed by atoms with Gasteiger partial charge in [0.05, 0.1) is 0 Å². The van der Waals surface area contributed by atoms with Gasteiger partial charge < -0.3 is 0 Å². The number of hydrogen-bond donors (Lipinski definition) is 0. The maximum atomic E-state index is 4.10. The van der Waals surface area contributed by atoms with Crippen molar-refractivity contribution in [2.75, 3.05) is 0 Å². The van der Waals surface area contributed by atoms with Gasteiger partial charge in [-0.05, 0) is 10.8 Å². The van der Waals surface area contributed by atoms with Crippen molar-refractivity contribution in [3.63, 3.8) is 0 Å². The molecule has 0 heterocycles. The van der Waals surface area contributed by atoms with Crippen LogP contribution in [0.15, 0.2) is 12.2 Å². The molecule has 0 unspecified atom stereocenters. The molecule has 0 saturated heterocycles. The van der Waals surface area contributed by atoms with Gasteiger partial charge in [0.25, 0.3) is 0 Å². The predicted molar refractivity (Wildman–Crippen MR) is 59.4 cm³/mol. The SMILES string of the molecule is C=C(C(C)(C)C)C(C)(C)C.CC. The molecule has 0 aliphatic heterocycles. The van der Waals surface area contributed by atoms with Crippen LogP contribution in [-0.4, -0.2) is 0 Å². The highest BCUT2D eigenvalue weighted by Crippen LogP contribution is 2.37. The monoisotopic (exact) mass is 170 g/mol. The van der Waals surface area contributed by atoms with Crippen molar-refractivity contribution in [2.45, 2.75) is 55.4 Å². The predicted octanol–water partition coefficient (Wildman–Crippen LogP) is 4.66. The van der Waals surface area contributed by atoms with Crippen LogP contribution in [0.3, 0.4) is 0 Å². The molecule has 0 N–H and O–H groups in total. The molecule has 0 aromatic rings. The van der Waals surface area contributed by atoms with Crippen molar-refractivity contribution in [2.24, 2.45) is 10.8 Å². The fraction of sp³-hybridized carbons (Fsp3) is 0.833. The normalized spacial score (nSPS) is 11.7. The lowest BCUT2D eigenvalue weighted by molar-refractivity contribution is 0.364. The zero-order valence-corrected chi connectivity index (χ0v) is 10.2. The molecule has 0 heteroatoms. The second kappa shape index (κ2) is 4.69. The maximum absolute atomic E-state index is 4.10. The third-order valence-corrected chi connectivity index (χ3v) is 1.81. The number of rotatable bonds is 0. The summed E-state index contributed by atoms with van der Waals surface area (Å²) >= 11 is 0. The van der Waals surface area contributed by atoms with Crippen molar-refractivity contribution in [1.82, 2.24) is 0 Å². The van der Waals surface area contributed by atoms with Crippen LogP contribution in [0, 0.1) is 10.8 Å². The molecule has 0 bridgehead atoms. The smallest absolute Gasteiger partial charge is 0.0170 e. The Morgan fingerprint density at radius 3 is 0.917 bits per heavy atom. The van der Waals surface area contributed by atoms with Gasteiger partial charge in [-0.3, -0.25) is 0 Å². The Morgan fingerprint density at radius 1 is 0.750 bits per heavy atom. The Kier molecular flexibility index (Phi) is 5.58. The molecule has 0 aromatic carbocycles. The minimum absolute atomic E-state index is 0.248. The van der Waals surface area contributed by atoms with Crippen LogP contribution in [0.1, 0.15) is 55.4 Å². The van der Waals surface area contributed by atoms with Gasteiger partial charge in [-0.1, -0.05) is 67.5 Å². The molecule has 0 rings (SSSR count). The Morgan fingerprint density at radius 2 is 0.917 bits per heavy atom. The summed E-state index contributed by atoms with van der Waals surface area (Å²) in [5.41, 5.74) is 1.82. The van der Waals surface area contributed by atoms with Crippen molar-refractivity contribution in [3.8, 4) is 0 Å². The second-order valence-corrected chi connectivity index (χ2v) is 4.98. The minimum atomic E-state index is 0.248. The lowest BCUT2D eigenvalue weighted by atomic mass is 9.73. The van der Waals surface area contributed by atoms with Gasteiger partial charge in [0.2, 0.25) is 0 Å². The van der Waals surface area contributed by atoms with Crippen molar-refractivity contribution < 1.29 is 0 Å². The molecule has 12 heavy (non-hydrogen) atoms. The highest BCUT2D eigenvalue weighted by Gasteiger charge is 2.25. The van der Waals surface area contributed by atoms with E-state index in [-0.39, 0.29) is 10.8 Å². The van der Waals surface area contributed by atoms with E-state index in [0.717, 1.165) is 0 Å². The summed E-state index contributed by atoms with van der Waals surface area (Å²) in [6.45, 7) is 21.4. The van der Waals surface area contributed by atoms with E-state index in [2.05, 4.69) is 48.1 Å². The molecule has 0 atom stereocenters. The summed E-state index contributed by atoms with van der Waals surface area (Å²) in [6.07, 6.45) is 0. The fourth-order valence-electron chi connectivity index (χ4n) is 1.12. The van der Waals surface area contributed by atoms with E-state index in [4.69, 9.17) is 0 Å². The summed E-state index contributed by atoms with van der Waals surface area (Å²) in [4.78, 5) is 0. The summed E-state index contributed by atoms with van der Waals surface area (Å²) in [7, 11) is 0. The zero-order valence-electron chi connectivity index (χ0n) is 10.2. The summed E-state index contributed by atoms with van der Waals surface area (Å²) in [5.74, 6) is 0. The maximum Gasteiger partial charge on any atom is -0.0170 e. The average Bonchev–Trinajstić information content (AvgIpc) is 1.87. The van der Waals surface area contributed by atoms with E-state index in [9.17, 15) is 0 Å². The topological polar surface area (TPSA) is 0 Å². The van der Waals surface area contributed by atoms with Crippen LogP contribution >= 0.6 is 0 Å². The Labute approximate surface area is 79.1 Å². The van der Waals surface area contributed by atoms with Crippen LogP contribution in [0.4, 0.5) is 0 Å². The molecule has 0 fully saturated rings. The number of hydrogen-bond acceptors (Lipinski definition) is 0. The molecule has 0 aromatic heterocycles. The van der Waals surface area contributed by atoms with E-state index >= 15 is 0 Å².